The number of amides is 5. The fourth-order valence-corrected chi connectivity index (χ4v) is 5.74. The summed E-state index contributed by atoms with van der Waals surface area (Å²) in [6.07, 6.45) is 15.9. The molecule has 0 spiro atoms. The summed E-state index contributed by atoms with van der Waals surface area (Å²) in [5.41, 5.74) is 0. The fourth-order valence-electron chi connectivity index (χ4n) is 5.54. The number of aliphatic carboxylic acids is 1. The van der Waals surface area contributed by atoms with E-state index in [1.54, 1.807) is 0 Å². The van der Waals surface area contributed by atoms with Crippen molar-refractivity contribution in [2.75, 3.05) is 84.4 Å². The lowest BCUT2D eigenvalue weighted by Crippen LogP contribution is -2.41. The number of carbonyl (C=O) groups excluding carboxylic acids is 5. The fraction of sp³-hybridized carbons (Fsp3) is 0.816. The molecule has 20 nitrogen and oxygen atoms in total. The normalized spacial score (nSPS) is 11.5. The zero-order chi connectivity index (χ0) is 43.0. The van der Waals surface area contributed by atoms with Crippen LogP contribution in [-0.2, 0) is 54.1 Å². The predicted molar refractivity (Wildman–Crippen MR) is 220 cm³/mol. The first-order chi connectivity index (χ1) is 28.7. The molecule has 0 saturated heterocycles. The molecule has 1 rings (SSSR count). The van der Waals surface area contributed by atoms with E-state index in [2.05, 4.69) is 63.1 Å². The number of rotatable bonds is 41. The molecule has 1 aromatic heterocycles. The zero-order valence-electron chi connectivity index (χ0n) is 34.5. The van der Waals surface area contributed by atoms with E-state index in [1.807, 2.05) is 0 Å². The molecule has 1 atom stereocenters. The van der Waals surface area contributed by atoms with Gasteiger partial charge in [-0.2, -0.15) is 0 Å². The van der Waals surface area contributed by atoms with Crippen LogP contribution in [0.25, 0.3) is 0 Å². The molecule has 1 unspecified atom stereocenters. The van der Waals surface area contributed by atoms with E-state index in [-0.39, 0.29) is 120 Å². The van der Waals surface area contributed by atoms with Crippen molar-refractivity contribution in [2.45, 2.75) is 115 Å². The van der Waals surface area contributed by atoms with Gasteiger partial charge >= 0.3 is 5.97 Å². The molecule has 1 aromatic rings. The van der Waals surface area contributed by atoms with Crippen molar-refractivity contribution in [2.24, 2.45) is 0 Å². The van der Waals surface area contributed by atoms with Gasteiger partial charge in [0.05, 0.1) is 45.0 Å². The van der Waals surface area contributed by atoms with Gasteiger partial charge in [0.25, 0.3) is 0 Å². The van der Waals surface area contributed by atoms with Gasteiger partial charge in [-0.1, -0.05) is 86.6 Å². The van der Waals surface area contributed by atoms with Crippen molar-refractivity contribution in [3.8, 4) is 0 Å². The van der Waals surface area contributed by atoms with Crippen LogP contribution >= 0.6 is 15.9 Å². The highest BCUT2D eigenvalue weighted by atomic mass is 79.9. The van der Waals surface area contributed by atoms with Crippen LogP contribution in [0.4, 0.5) is 0 Å². The number of carboxylic acid groups (broad SMARTS) is 1. The summed E-state index contributed by atoms with van der Waals surface area (Å²) in [6.45, 7) is 2.11. The van der Waals surface area contributed by atoms with E-state index in [0.717, 1.165) is 37.9 Å². The second kappa shape index (κ2) is 38.4. The molecule has 7 N–H and O–H groups in total. The van der Waals surface area contributed by atoms with Crippen LogP contribution in [0.1, 0.15) is 109 Å². The number of ether oxygens (including phenoxy) is 4. The number of aromatic nitrogens is 4. The topological polar surface area (TPSA) is 274 Å². The Morgan fingerprint density at radius 2 is 1.03 bits per heavy atom. The molecule has 0 fully saturated rings. The number of tetrazole rings is 1. The second-order valence-corrected chi connectivity index (χ2v) is 14.4. The molecule has 0 saturated carbocycles. The average Bonchev–Trinajstić information content (AvgIpc) is 3.75. The maximum absolute atomic E-state index is 12.3. The highest BCUT2D eigenvalue weighted by Crippen LogP contribution is 2.13. The smallest absolute Gasteiger partial charge is 0.326 e. The maximum atomic E-state index is 12.3. The Bertz CT molecular complexity index is 1270. The third-order valence-corrected chi connectivity index (χ3v) is 9.25. The van der Waals surface area contributed by atoms with Crippen LogP contribution in [0.3, 0.4) is 0 Å². The third kappa shape index (κ3) is 34.8. The number of unbranched alkanes of at least 4 members (excludes halogenated alkanes) is 12. The summed E-state index contributed by atoms with van der Waals surface area (Å²) >= 11 is 3.03. The maximum Gasteiger partial charge on any atom is 0.326 e. The molecule has 0 bridgehead atoms. The SMILES string of the molecule is O=C(CBr)NCCNC(=O)COCCOCCNC(=O)COCCOCCNC(=O)CCC(NC(=O)CCCCCCCCCCCCCCCc1nnn[nH]1)C(=O)O. The van der Waals surface area contributed by atoms with Gasteiger partial charge < -0.3 is 50.6 Å². The lowest BCUT2D eigenvalue weighted by Gasteiger charge is -2.14. The van der Waals surface area contributed by atoms with Crippen LogP contribution in [0.2, 0.25) is 0 Å². The summed E-state index contributed by atoms with van der Waals surface area (Å²) in [7, 11) is 0. The molecule has 1 heterocycles. The number of carbonyl (C=O) groups is 6. The molecule has 0 aliphatic heterocycles. The minimum atomic E-state index is -1.18. The van der Waals surface area contributed by atoms with Crippen molar-refractivity contribution in [1.29, 1.82) is 0 Å². The van der Waals surface area contributed by atoms with Crippen LogP contribution < -0.4 is 26.6 Å². The molecular formula is C38H68BrN9O11. The quantitative estimate of drug-likeness (QED) is 0.0363. The monoisotopic (exact) mass is 905 g/mol. The number of carboxylic acids is 1. The van der Waals surface area contributed by atoms with Crippen LogP contribution in [-0.4, -0.2) is 152 Å². The van der Waals surface area contributed by atoms with Crippen LogP contribution in [0.5, 0.6) is 0 Å². The Kier molecular flexibility index (Phi) is 34.7. The molecule has 0 aliphatic rings. The second-order valence-electron chi connectivity index (χ2n) is 13.8. The molecule has 59 heavy (non-hydrogen) atoms. The van der Waals surface area contributed by atoms with Gasteiger partial charge in [0.15, 0.2) is 0 Å². The number of hydrogen-bond acceptors (Lipinski definition) is 13. The van der Waals surface area contributed by atoms with E-state index >= 15 is 0 Å². The summed E-state index contributed by atoms with van der Waals surface area (Å²) < 4.78 is 21.2. The molecule has 338 valence electrons. The first kappa shape index (κ1) is 53.2. The zero-order valence-corrected chi connectivity index (χ0v) is 36.1. The lowest BCUT2D eigenvalue weighted by molar-refractivity contribution is -0.142. The van der Waals surface area contributed by atoms with E-state index < -0.39 is 12.0 Å². The van der Waals surface area contributed by atoms with E-state index in [9.17, 15) is 33.9 Å². The molecular weight excluding hydrogens is 838 g/mol. The Hall–Kier alpha value is -3.79. The van der Waals surface area contributed by atoms with Crippen LogP contribution in [0.15, 0.2) is 0 Å². The Labute approximate surface area is 356 Å². The largest absolute Gasteiger partial charge is 0.480 e. The highest BCUT2D eigenvalue weighted by Gasteiger charge is 2.20. The first-order valence-electron chi connectivity index (χ1n) is 20.9. The number of nitrogens with zero attached hydrogens (tertiary/aromatic N) is 3. The van der Waals surface area contributed by atoms with Gasteiger partial charge in [0.1, 0.15) is 25.1 Å². The Balaban J connectivity index is 1.89. The van der Waals surface area contributed by atoms with Gasteiger partial charge in [0, 0.05) is 45.4 Å². The Morgan fingerprint density at radius 3 is 1.54 bits per heavy atom. The van der Waals surface area contributed by atoms with E-state index in [0.29, 0.717) is 19.5 Å². The van der Waals surface area contributed by atoms with Gasteiger partial charge in [-0.3, -0.25) is 24.0 Å². The van der Waals surface area contributed by atoms with Gasteiger partial charge in [-0.15, -0.1) is 5.10 Å². The number of hydrogen-bond donors (Lipinski definition) is 7. The first-order valence-corrected chi connectivity index (χ1v) is 22.0. The number of halogens is 1. The number of nitrogens with one attached hydrogen (secondary N) is 6. The van der Waals surface area contributed by atoms with Crippen molar-refractivity contribution in [3.05, 3.63) is 5.82 Å². The number of aromatic amines is 1. The van der Waals surface area contributed by atoms with E-state index in [1.165, 1.54) is 51.4 Å². The summed E-state index contributed by atoms with van der Waals surface area (Å²) in [4.78, 5) is 70.7. The molecule has 0 aromatic carbocycles. The molecule has 0 aliphatic carbocycles. The third-order valence-electron chi connectivity index (χ3n) is 8.74. The number of aryl methyl sites for hydroxylation is 1. The van der Waals surface area contributed by atoms with Crippen molar-refractivity contribution >= 4 is 51.4 Å². The highest BCUT2D eigenvalue weighted by molar-refractivity contribution is 9.09. The minimum absolute atomic E-state index is 0.0190. The number of H-pyrrole nitrogens is 1. The van der Waals surface area contributed by atoms with Gasteiger partial charge in [0.2, 0.25) is 29.5 Å². The van der Waals surface area contributed by atoms with Crippen molar-refractivity contribution in [1.82, 2.24) is 47.2 Å². The summed E-state index contributed by atoms with van der Waals surface area (Å²) in [5, 5.41) is 36.6. The minimum Gasteiger partial charge on any atom is -0.480 e. The molecule has 5 amide bonds. The summed E-state index contributed by atoms with van der Waals surface area (Å²) in [6, 6.07) is -1.13. The van der Waals surface area contributed by atoms with Crippen LogP contribution in [0, 0.1) is 0 Å². The standard InChI is InChI=1S/C38H68BrN9O11/c39-28-35(51)40-18-19-41-36(52)29-58-26-25-57-23-21-43-37(53)30-59-27-24-56-22-20-42-33(49)17-16-31(38(54)55)44-34(50)15-13-11-9-7-5-3-1-2-4-6-8-10-12-14-32-45-47-48-46-32/h31H,1-30H2,(H,40,51)(H,41,52)(H,42,49)(H,43,53)(H,44,50)(H,54,55)(H,45,46,47,48). The van der Waals surface area contributed by atoms with Gasteiger partial charge in [-0.25, -0.2) is 9.89 Å². The molecule has 0 radical (unpaired) electrons. The predicted octanol–water partition coefficient (Wildman–Crippen LogP) is 1.48. The summed E-state index contributed by atoms with van der Waals surface area (Å²) in [5.74, 6) is -1.77. The Morgan fingerprint density at radius 1 is 0.559 bits per heavy atom. The van der Waals surface area contributed by atoms with Crippen molar-refractivity contribution < 1.29 is 52.8 Å². The average molecular weight is 907 g/mol. The number of alkyl halides is 1. The van der Waals surface area contributed by atoms with Gasteiger partial charge in [-0.05, 0) is 29.7 Å². The van der Waals surface area contributed by atoms with E-state index in [4.69, 9.17) is 18.9 Å². The molecule has 21 heteroatoms. The van der Waals surface area contributed by atoms with Crippen molar-refractivity contribution in [3.63, 3.8) is 0 Å². The lowest BCUT2D eigenvalue weighted by atomic mass is 10.0.